The molecule has 0 aromatic heterocycles. The number of nitrogens with one attached hydrogen (secondary N) is 2. The zero-order chi connectivity index (χ0) is 20.5. The molecule has 2 aromatic carbocycles. The molecule has 0 spiro atoms. The smallest absolute Gasteiger partial charge is 0.191 e. The number of methoxy groups -OCH3 is 1. The van der Waals surface area contributed by atoms with Crippen molar-refractivity contribution in [2.24, 2.45) is 4.99 Å². The molecule has 1 aliphatic rings. The standard InChI is InChI=1S/C22H29FN4O2/c1-24-22(25-10-9-17-3-6-19(28-2)7-4-17)26-16-18-5-8-21(20(23)15-18)27-11-13-29-14-12-27/h3-8,15H,9-14,16H2,1-2H3,(H2,24,25,26). The minimum absolute atomic E-state index is 0.200. The Balaban J connectivity index is 1.46. The summed E-state index contributed by atoms with van der Waals surface area (Å²) in [6.07, 6.45) is 0.869. The number of morpholine rings is 1. The van der Waals surface area contributed by atoms with E-state index in [2.05, 4.69) is 27.8 Å². The van der Waals surface area contributed by atoms with Gasteiger partial charge >= 0.3 is 0 Å². The van der Waals surface area contributed by atoms with Crippen LogP contribution in [0.2, 0.25) is 0 Å². The molecule has 0 atom stereocenters. The molecule has 2 aromatic rings. The monoisotopic (exact) mass is 400 g/mol. The molecule has 0 bridgehead atoms. The molecular formula is C22H29FN4O2. The third-order valence-electron chi connectivity index (χ3n) is 4.91. The number of hydrogen-bond donors (Lipinski definition) is 2. The van der Waals surface area contributed by atoms with Crippen LogP contribution in [-0.2, 0) is 17.7 Å². The highest BCUT2D eigenvalue weighted by atomic mass is 19.1. The fraction of sp³-hybridized carbons (Fsp3) is 0.409. The number of aliphatic imine (C=N–C) groups is 1. The predicted octanol–water partition coefficient (Wildman–Crippen LogP) is 2.58. The molecule has 0 unspecified atom stereocenters. The van der Waals surface area contributed by atoms with Crippen molar-refractivity contribution in [2.75, 3.05) is 51.9 Å². The third kappa shape index (κ3) is 6.09. The van der Waals surface area contributed by atoms with Gasteiger partial charge < -0.3 is 25.0 Å². The fourth-order valence-corrected chi connectivity index (χ4v) is 3.24. The summed E-state index contributed by atoms with van der Waals surface area (Å²) >= 11 is 0. The Morgan fingerprint density at radius 1 is 1.10 bits per heavy atom. The maximum atomic E-state index is 14.5. The van der Waals surface area contributed by atoms with Gasteiger partial charge in [-0.05, 0) is 41.8 Å². The van der Waals surface area contributed by atoms with Gasteiger partial charge in [0.2, 0.25) is 0 Å². The lowest BCUT2D eigenvalue weighted by atomic mass is 10.1. The highest BCUT2D eigenvalue weighted by molar-refractivity contribution is 5.79. The highest BCUT2D eigenvalue weighted by Gasteiger charge is 2.15. The van der Waals surface area contributed by atoms with E-state index in [1.807, 2.05) is 29.2 Å². The fourth-order valence-electron chi connectivity index (χ4n) is 3.24. The number of halogens is 1. The molecule has 2 N–H and O–H groups in total. The van der Waals surface area contributed by atoms with E-state index < -0.39 is 0 Å². The summed E-state index contributed by atoms with van der Waals surface area (Å²) in [5, 5.41) is 6.52. The van der Waals surface area contributed by atoms with Crippen molar-refractivity contribution in [3.63, 3.8) is 0 Å². The summed E-state index contributed by atoms with van der Waals surface area (Å²) in [6, 6.07) is 13.4. The lowest BCUT2D eigenvalue weighted by molar-refractivity contribution is 0.122. The van der Waals surface area contributed by atoms with E-state index in [1.54, 1.807) is 20.2 Å². The Morgan fingerprint density at radius 2 is 1.83 bits per heavy atom. The van der Waals surface area contributed by atoms with Crippen LogP contribution < -0.4 is 20.3 Å². The van der Waals surface area contributed by atoms with Gasteiger partial charge in [-0.15, -0.1) is 0 Å². The van der Waals surface area contributed by atoms with Gasteiger partial charge in [-0.1, -0.05) is 18.2 Å². The first-order valence-electron chi connectivity index (χ1n) is 9.88. The molecular weight excluding hydrogens is 371 g/mol. The van der Waals surface area contributed by atoms with E-state index in [0.717, 1.165) is 37.4 Å². The molecule has 1 heterocycles. The van der Waals surface area contributed by atoms with Crippen molar-refractivity contribution in [3.8, 4) is 5.75 Å². The predicted molar refractivity (Wildman–Crippen MR) is 114 cm³/mol. The average Bonchev–Trinajstić information content (AvgIpc) is 2.77. The van der Waals surface area contributed by atoms with Crippen molar-refractivity contribution in [3.05, 3.63) is 59.4 Å². The number of ether oxygens (including phenoxy) is 2. The zero-order valence-corrected chi connectivity index (χ0v) is 17.1. The normalized spacial score (nSPS) is 14.6. The molecule has 0 saturated carbocycles. The number of hydrogen-bond acceptors (Lipinski definition) is 4. The topological polar surface area (TPSA) is 58.1 Å². The van der Waals surface area contributed by atoms with Gasteiger partial charge in [0, 0.05) is 33.2 Å². The van der Waals surface area contributed by atoms with Gasteiger partial charge in [0.15, 0.2) is 5.96 Å². The van der Waals surface area contributed by atoms with E-state index in [0.29, 0.717) is 31.4 Å². The molecule has 1 fully saturated rings. The van der Waals surface area contributed by atoms with Crippen LogP contribution in [0.1, 0.15) is 11.1 Å². The van der Waals surface area contributed by atoms with E-state index in [4.69, 9.17) is 9.47 Å². The van der Waals surface area contributed by atoms with Gasteiger partial charge in [-0.25, -0.2) is 4.39 Å². The van der Waals surface area contributed by atoms with Crippen molar-refractivity contribution in [1.82, 2.24) is 10.6 Å². The molecule has 7 heteroatoms. The van der Waals surface area contributed by atoms with E-state index in [-0.39, 0.29) is 5.82 Å². The molecule has 6 nitrogen and oxygen atoms in total. The molecule has 1 aliphatic heterocycles. The number of anilines is 1. The highest BCUT2D eigenvalue weighted by Crippen LogP contribution is 2.21. The summed E-state index contributed by atoms with van der Waals surface area (Å²) in [5.74, 6) is 1.34. The first-order chi connectivity index (χ1) is 14.2. The van der Waals surface area contributed by atoms with Crippen molar-refractivity contribution >= 4 is 11.6 Å². The van der Waals surface area contributed by atoms with Crippen LogP contribution >= 0.6 is 0 Å². The van der Waals surface area contributed by atoms with Gasteiger partial charge in [0.1, 0.15) is 11.6 Å². The first-order valence-corrected chi connectivity index (χ1v) is 9.88. The SMILES string of the molecule is CN=C(NCCc1ccc(OC)cc1)NCc1ccc(N2CCOCC2)c(F)c1. The summed E-state index contributed by atoms with van der Waals surface area (Å²) in [6.45, 7) is 3.97. The maximum absolute atomic E-state index is 14.5. The van der Waals surface area contributed by atoms with E-state index >= 15 is 0 Å². The molecule has 0 amide bonds. The van der Waals surface area contributed by atoms with Gasteiger partial charge in [0.05, 0.1) is 26.0 Å². The minimum Gasteiger partial charge on any atom is -0.497 e. The average molecular weight is 400 g/mol. The van der Waals surface area contributed by atoms with E-state index in [9.17, 15) is 4.39 Å². The second-order valence-electron chi connectivity index (χ2n) is 6.84. The molecule has 0 aliphatic carbocycles. The van der Waals surface area contributed by atoms with Crippen LogP contribution in [0.15, 0.2) is 47.5 Å². The first kappa shape index (κ1) is 20.9. The van der Waals surface area contributed by atoms with Gasteiger partial charge in [-0.2, -0.15) is 0 Å². The Labute approximate surface area is 171 Å². The van der Waals surface area contributed by atoms with Crippen molar-refractivity contribution in [1.29, 1.82) is 0 Å². The maximum Gasteiger partial charge on any atom is 0.191 e. The molecule has 29 heavy (non-hydrogen) atoms. The summed E-state index contributed by atoms with van der Waals surface area (Å²) < 4.78 is 25.0. The Bertz CT molecular complexity index is 805. The second kappa shape index (κ2) is 10.7. The number of nitrogens with zero attached hydrogens (tertiary/aromatic N) is 2. The Kier molecular flexibility index (Phi) is 7.69. The molecule has 156 valence electrons. The van der Waals surface area contributed by atoms with Crippen molar-refractivity contribution in [2.45, 2.75) is 13.0 Å². The Hall–Kier alpha value is -2.80. The van der Waals surface area contributed by atoms with Gasteiger partial charge in [0.25, 0.3) is 0 Å². The minimum atomic E-state index is -0.200. The van der Waals surface area contributed by atoms with Crippen molar-refractivity contribution < 1.29 is 13.9 Å². The molecule has 3 rings (SSSR count). The quantitative estimate of drug-likeness (QED) is 0.553. The summed E-state index contributed by atoms with van der Waals surface area (Å²) in [5.41, 5.74) is 2.73. The van der Waals surface area contributed by atoms with Crippen LogP contribution in [0.4, 0.5) is 10.1 Å². The summed E-state index contributed by atoms with van der Waals surface area (Å²) in [4.78, 5) is 6.26. The lowest BCUT2D eigenvalue weighted by Crippen LogP contribution is -2.38. The second-order valence-corrected chi connectivity index (χ2v) is 6.84. The van der Waals surface area contributed by atoms with Crippen LogP contribution in [0, 0.1) is 5.82 Å². The third-order valence-corrected chi connectivity index (χ3v) is 4.91. The van der Waals surface area contributed by atoms with Gasteiger partial charge in [-0.3, -0.25) is 4.99 Å². The Morgan fingerprint density at radius 3 is 2.48 bits per heavy atom. The van der Waals surface area contributed by atoms with Crippen LogP contribution in [0.5, 0.6) is 5.75 Å². The summed E-state index contributed by atoms with van der Waals surface area (Å²) in [7, 11) is 3.39. The number of benzene rings is 2. The molecule has 1 saturated heterocycles. The molecule has 0 radical (unpaired) electrons. The van der Waals surface area contributed by atoms with Crippen LogP contribution in [0.3, 0.4) is 0 Å². The van der Waals surface area contributed by atoms with Crippen LogP contribution in [-0.4, -0.2) is 53.0 Å². The van der Waals surface area contributed by atoms with Crippen LogP contribution in [0.25, 0.3) is 0 Å². The number of guanidine groups is 1. The lowest BCUT2D eigenvalue weighted by Gasteiger charge is -2.29. The number of rotatable bonds is 7. The zero-order valence-electron chi connectivity index (χ0n) is 17.1. The van der Waals surface area contributed by atoms with E-state index in [1.165, 1.54) is 5.56 Å². The largest absolute Gasteiger partial charge is 0.497 e.